The van der Waals surface area contributed by atoms with Crippen LogP contribution in [0.5, 0.6) is 0 Å². The molecule has 0 saturated heterocycles. The Kier molecular flexibility index (Phi) is 7.72. The van der Waals surface area contributed by atoms with Crippen LogP contribution in [0.15, 0.2) is 0 Å². The maximum absolute atomic E-state index is 8.74. The zero-order chi connectivity index (χ0) is 6.50. The average Bonchev–Trinajstić information content (AvgIpc) is 1.36. The Morgan fingerprint density at radius 2 is 1.29 bits per heavy atom. The van der Waals surface area contributed by atoms with Crippen LogP contribution in [0.25, 0.3) is 0 Å². The third-order valence-electron chi connectivity index (χ3n) is 0. The van der Waals surface area contributed by atoms with Gasteiger partial charge in [-0.25, -0.2) is 0 Å². The molecule has 0 atom stereocenters. The van der Waals surface area contributed by atoms with Crippen molar-refractivity contribution >= 4 is 24.5 Å². The predicted octanol–water partition coefficient (Wildman–Crippen LogP) is 0.190. The van der Waals surface area contributed by atoms with E-state index >= 15 is 0 Å². The molecule has 0 saturated carbocycles. The molecule has 0 fully saturated rings. The van der Waals surface area contributed by atoms with Crippen molar-refractivity contribution in [3.63, 3.8) is 0 Å². The van der Waals surface area contributed by atoms with E-state index in [2.05, 4.69) is 28.3 Å². The Balaban J connectivity index is 0. The molecular weight excluding hydrogens is 240 g/mol. The summed E-state index contributed by atoms with van der Waals surface area (Å²) in [5.41, 5.74) is 0. The van der Waals surface area contributed by atoms with Crippen molar-refractivity contribution in [2.45, 2.75) is 0 Å². The van der Waals surface area contributed by atoms with E-state index in [9.17, 15) is 0 Å². The first-order valence-corrected chi connectivity index (χ1v) is 4.54. The molecule has 0 unspecified atom stereocenters. The van der Waals surface area contributed by atoms with Gasteiger partial charge in [-0.05, 0) is 0 Å². The summed E-state index contributed by atoms with van der Waals surface area (Å²) in [6.45, 7) is 0. The fourth-order valence-corrected chi connectivity index (χ4v) is 0. The van der Waals surface area contributed by atoms with E-state index in [1.807, 2.05) is 0 Å². The summed E-state index contributed by atoms with van der Waals surface area (Å²) in [6.07, 6.45) is 0. The van der Waals surface area contributed by atoms with Crippen LogP contribution in [0.3, 0.4) is 0 Å². The molecular formula is H2BrCuO4S. The fourth-order valence-electron chi connectivity index (χ4n) is 0. The molecule has 0 aromatic heterocycles. The van der Waals surface area contributed by atoms with Gasteiger partial charge in [-0.1, -0.05) is 0 Å². The summed E-state index contributed by atoms with van der Waals surface area (Å²) in [5.74, 6) is 0. The molecule has 0 radical (unpaired) electrons. The third kappa shape index (κ3) is 215. The molecule has 50 valence electrons. The maximum atomic E-state index is 8.74. The molecule has 7 heteroatoms. The van der Waals surface area contributed by atoms with Crippen molar-refractivity contribution in [1.82, 2.24) is 0 Å². The van der Waals surface area contributed by atoms with Crippen LogP contribution in [0.2, 0.25) is 0 Å². The van der Waals surface area contributed by atoms with Gasteiger partial charge >= 0.3 is 38.7 Å². The zero-order valence-electron chi connectivity index (χ0n) is 2.80. The SMILES string of the molecule is O=S(=O)(O)O.[Cu][Br]. The van der Waals surface area contributed by atoms with E-state index in [0.717, 1.165) is 0 Å². The molecule has 7 heavy (non-hydrogen) atoms. The van der Waals surface area contributed by atoms with Gasteiger partial charge in [-0.15, -0.1) is 0 Å². The topological polar surface area (TPSA) is 74.6 Å². The van der Waals surface area contributed by atoms with Crippen LogP contribution >= 0.6 is 14.1 Å². The molecule has 0 spiro atoms. The number of halogens is 1. The van der Waals surface area contributed by atoms with Crippen molar-refractivity contribution in [2.75, 3.05) is 0 Å². The molecule has 4 nitrogen and oxygen atoms in total. The van der Waals surface area contributed by atoms with E-state index < -0.39 is 10.4 Å². The van der Waals surface area contributed by atoms with Gasteiger partial charge in [-0.2, -0.15) is 8.42 Å². The van der Waals surface area contributed by atoms with Crippen LogP contribution in [-0.2, 0) is 24.6 Å². The van der Waals surface area contributed by atoms with Crippen LogP contribution < -0.4 is 0 Å². The van der Waals surface area contributed by atoms with Crippen LogP contribution in [0.4, 0.5) is 0 Å². The van der Waals surface area contributed by atoms with E-state index in [0.29, 0.717) is 0 Å². The molecule has 2 N–H and O–H groups in total. The average molecular weight is 242 g/mol. The minimum absolute atomic E-state index is 2.50. The minimum atomic E-state index is -4.67. The second-order valence-corrected chi connectivity index (χ2v) is 1.34. The van der Waals surface area contributed by atoms with Crippen molar-refractivity contribution in [1.29, 1.82) is 0 Å². The Labute approximate surface area is 56.4 Å². The van der Waals surface area contributed by atoms with Crippen LogP contribution in [-0.4, -0.2) is 17.5 Å². The molecule has 0 aromatic rings. The van der Waals surface area contributed by atoms with Gasteiger partial charge in [0, 0.05) is 0 Å². The molecule has 0 bridgehead atoms. The van der Waals surface area contributed by atoms with Crippen molar-refractivity contribution < 1.29 is 31.7 Å². The summed E-state index contributed by atoms with van der Waals surface area (Å²) in [5, 5.41) is 0. The molecule has 0 aliphatic heterocycles. The van der Waals surface area contributed by atoms with Gasteiger partial charge in [-0.3, -0.25) is 9.11 Å². The monoisotopic (exact) mass is 240 g/mol. The van der Waals surface area contributed by atoms with Crippen molar-refractivity contribution in [3.05, 3.63) is 0 Å². The second kappa shape index (κ2) is 5.02. The standard InChI is InChI=1S/BrH.Cu.H2O4S/c;;1-5(2,3)4/h1H;;(H2,1,2,3,4)/q;+1;/p-1. The normalized spacial score (nSPS) is 9.29. The van der Waals surface area contributed by atoms with Crippen LogP contribution in [0, 0.1) is 0 Å². The van der Waals surface area contributed by atoms with Gasteiger partial charge in [0.05, 0.1) is 0 Å². The Hall–Kier alpha value is 0.869. The third-order valence-corrected chi connectivity index (χ3v) is 0. The summed E-state index contributed by atoms with van der Waals surface area (Å²) >= 11 is 6.50. The number of hydrogen-bond acceptors (Lipinski definition) is 2. The molecule has 0 heterocycles. The van der Waals surface area contributed by atoms with Gasteiger partial charge < -0.3 is 0 Å². The molecule has 0 aromatic carbocycles. The Morgan fingerprint density at radius 1 is 1.29 bits per heavy atom. The zero-order valence-corrected chi connectivity index (χ0v) is 6.14. The van der Waals surface area contributed by atoms with Crippen LogP contribution in [0.1, 0.15) is 0 Å². The number of hydrogen-bond donors (Lipinski definition) is 2. The summed E-state index contributed by atoms with van der Waals surface area (Å²) in [6, 6.07) is 0. The Morgan fingerprint density at radius 3 is 1.29 bits per heavy atom. The van der Waals surface area contributed by atoms with Gasteiger partial charge in [0.2, 0.25) is 0 Å². The fraction of sp³-hybridized carbons (Fsp3) is 0. The predicted molar refractivity (Wildman–Crippen MR) is 23.1 cm³/mol. The Bertz CT molecular complexity index is 94.9. The van der Waals surface area contributed by atoms with E-state index in [1.54, 1.807) is 0 Å². The first-order chi connectivity index (χ1) is 3.00. The first-order valence-electron chi connectivity index (χ1n) is 0.812. The van der Waals surface area contributed by atoms with E-state index in [1.165, 1.54) is 0 Å². The molecule has 0 rings (SSSR count). The van der Waals surface area contributed by atoms with Crippen molar-refractivity contribution in [3.8, 4) is 0 Å². The second-order valence-electron chi connectivity index (χ2n) is 0.448. The van der Waals surface area contributed by atoms with Crippen molar-refractivity contribution in [2.24, 2.45) is 0 Å². The molecule has 0 amide bonds. The number of rotatable bonds is 0. The summed E-state index contributed by atoms with van der Waals surface area (Å²) < 4.78 is 31.6. The molecule has 0 aliphatic rings. The first kappa shape index (κ1) is 10.8. The van der Waals surface area contributed by atoms with Gasteiger partial charge in [0.15, 0.2) is 0 Å². The summed E-state index contributed by atoms with van der Waals surface area (Å²) in [7, 11) is -4.67. The molecule has 0 aliphatic carbocycles. The summed E-state index contributed by atoms with van der Waals surface area (Å²) in [4.78, 5) is 0. The van der Waals surface area contributed by atoms with E-state index in [-0.39, 0.29) is 0 Å². The van der Waals surface area contributed by atoms with E-state index in [4.69, 9.17) is 17.5 Å². The van der Waals surface area contributed by atoms with Gasteiger partial charge in [0.1, 0.15) is 0 Å². The van der Waals surface area contributed by atoms with Gasteiger partial charge in [0.25, 0.3) is 0 Å². The quantitative estimate of drug-likeness (QED) is 0.469.